The Labute approximate surface area is 170 Å². The number of ether oxygens (including phenoxy) is 1. The molecule has 0 atom stereocenters. The zero-order valence-electron chi connectivity index (χ0n) is 14.3. The van der Waals surface area contributed by atoms with Crippen molar-refractivity contribution in [3.8, 4) is 29.5 Å². The Morgan fingerprint density at radius 3 is 2.57 bits per heavy atom. The van der Waals surface area contributed by atoms with E-state index in [0.29, 0.717) is 21.9 Å². The Morgan fingerprint density at radius 2 is 1.93 bits per heavy atom. The predicted octanol–water partition coefficient (Wildman–Crippen LogP) is 3.29. The van der Waals surface area contributed by atoms with E-state index in [2.05, 4.69) is 16.1 Å². The van der Waals surface area contributed by atoms with Crippen molar-refractivity contribution in [2.24, 2.45) is 0 Å². The first kappa shape index (κ1) is 19.5. The molecule has 0 spiro atoms. The summed E-state index contributed by atoms with van der Waals surface area (Å²) in [5.74, 6) is 1.85. The average molecular weight is 412 g/mol. The van der Waals surface area contributed by atoms with Crippen LogP contribution < -0.4 is 9.84 Å². The van der Waals surface area contributed by atoms with E-state index >= 15 is 0 Å². The third kappa shape index (κ3) is 5.16. The summed E-state index contributed by atoms with van der Waals surface area (Å²) >= 11 is 6.66. The lowest BCUT2D eigenvalue weighted by atomic mass is 10.2. The highest BCUT2D eigenvalue weighted by Gasteiger charge is 2.12. The molecule has 0 unspecified atom stereocenters. The van der Waals surface area contributed by atoms with E-state index in [1.54, 1.807) is 48.5 Å². The number of rotatable bonds is 7. The number of hydrogen-bond donors (Lipinski definition) is 0. The fourth-order valence-electron chi connectivity index (χ4n) is 2.12. The summed E-state index contributed by atoms with van der Waals surface area (Å²) in [5.41, 5.74) is 1.31. The summed E-state index contributed by atoms with van der Waals surface area (Å²) < 4.78 is 10.8. The van der Waals surface area contributed by atoms with E-state index in [-0.39, 0.29) is 22.6 Å². The molecule has 0 bridgehead atoms. The van der Waals surface area contributed by atoms with E-state index in [0.717, 1.165) is 11.8 Å². The molecule has 0 saturated heterocycles. The van der Waals surface area contributed by atoms with Gasteiger partial charge in [0.25, 0.3) is 5.22 Å². The van der Waals surface area contributed by atoms with E-state index < -0.39 is 5.97 Å². The molecule has 0 radical (unpaired) electrons. The summed E-state index contributed by atoms with van der Waals surface area (Å²) in [4.78, 5) is 11.4. The normalized spacial score (nSPS) is 11.1. The SMILES string of the molecule is C#CCOc1ccc(/C=C(\Sc2nnc(-c3ccc(Cl)cc3)o2)C(=O)[O-])cc1. The molecule has 0 fully saturated rings. The molecular formula is C20H12ClN2O4S-. The smallest absolute Gasteiger partial charge is 0.281 e. The Balaban J connectivity index is 1.76. The maximum absolute atomic E-state index is 11.5. The molecule has 6 nitrogen and oxygen atoms in total. The fraction of sp³-hybridized carbons (Fsp3) is 0.0500. The van der Waals surface area contributed by atoms with Crippen molar-refractivity contribution in [2.45, 2.75) is 5.22 Å². The van der Waals surface area contributed by atoms with Crippen molar-refractivity contribution >= 4 is 35.4 Å². The van der Waals surface area contributed by atoms with Gasteiger partial charge in [-0.2, -0.15) is 0 Å². The van der Waals surface area contributed by atoms with Gasteiger partial charge in [0, 0.05) is 15.5 Å². The van der Waals surface area contributed by atoms with Gasteiger partial charge in [-0.15, -0.1) is 16.6 Å². The number of carbonyl (C=O) groups is 1. The molecule has 0 aliphatic carbocycles. The van der Waals surface area contributed by atoms with Crippen molar-refractivity contribution in [2.75, 3.05) is 6.61 Å². The summed E-state index contributed by atoms with van der Waals surface area (Å²) in [6.07, 6.45) is 6.58. The van der Waals surface area contributed by atoms with E-state index in [1.807, 2.05) is 0 Å². The Hall–Kier alpha value is -3.21. The molecule has 1 heterocycles. The largest absolute Gasteiger partial charge is 0.544 e. The minimum absolute atomic E-state index is 0.0781. The first-order valence-corrected chi connectivity index (χ1v) is 9.11. The lowest BCUT2D eigenvalue weighted by Gasteiger charge is -2.06. The number of carboxylic acid groups (broad SMARTS) is 1. The fourth-order valence-corrected chi connectivity index (χ4v) is 2.92. The predicted molar refractivity (Wildman–Crippen MR) is 104 cm³/mol. The van der Waals surface area contributed by atoms with Crippen molar-refractivity contribution < 1.29 is 19.1 Å². The van der Waals surface area contributed by atoms with Crippen LogP contribution in [0.3, 0.4) is 0 Å². The summed E-state index contributed by atoms with van der Waals surface area (Å²) in [7, 11) is 0. The van der Waals surface area contributed by atoms with Crippen molar-refractivity contribution in [1.29, 1.82) is 0 Å². The van der Waals surface area contributed by atoms with Gasteiger partial charge in [-0.1, -0.05) is 29.7 Å². The number of thioether (sulfide) groups is 1. The highest BCUT2D eigenvalue weighted by atomic mass is 35.5. The maximum Gasteiger partial charge on any atom is 0.281 e. The highest BCUT2D eigenvalue weighted by molar-refractivity contribution is 8.03. The number of aliphatic carboxylic acids is 1. The zero-order valence-corrected chi connectivity index (χ0v) is 15.9. The molecule has 2 aromatic carbocycles. The number of hydrogen-bond acceptors (Lipinski definition) is 7. The molecule has 140 valence electrons. The zero-order chi connectivity index (χ0) is 19.9. The number of terminal acetylenes is 1. The van der Waals surface area contributed by atoms with Gasteiger partial charge < -0.3 is 19.1 Å². The van der Waals surface area contributed by atoms with Gasteiger partial charge in [-0.05, 0) is 59.8 Å². The van der Waals surface area contributed by atoms with Crippen molar-refractivity contribution in [1.82, 2.24) is 10.2 Å². The molecule has 0 saturated carbocycles. The second kappa shape index (κ2) is 9.13. The molecular weight excluding hydrogens is 400 g/mol. The summed E-state index contributed by atoms with van der Waals surface area (Å²) in [6.45, 7) is 0.155. The third-order valence-corrected chi connectivity index (χ3v) is 4.49. The maximum atomic E-state index is 11.5. The van der Waals surface area contributed by atoms with Crippen molar-refractivity contribution in [3.63, 3.8) is 0 Å². The lowest BCUT2D eigenvalue weighted by Crippen LogP contribution is -2.23. The van der Waals surface area contributed by atoms with Gasteiger partial charge in [0.2, 0.25) is 5.89 Å². The van der Waals surface area contributed by atoms with Crippen LogP contribution in [0.15, 0.2) is 63.1 Å². The average Bonchev–Trinajstić information content (AvgIpc) is 3.16. The number of carboxylic acids is 1. The topological polar surface area (TPSA) is 88.3 Å². The molecule has 0 aliphatic heterocycles. The Morgan fingerprint density at radius 1 is 1.21 bits per heavy atom. The second-order valence-electron chi connectivity index (χ2n) is 5.34. The van der Waals surface area contributed by atoms with Crippen LogP contribution >= 0.6 is 23.4 Å². The molecule has 28 heavy (non-hydrogen) atoms. The monoisotopic (exact) mass is 411 g/mol. The number of carbonyl (C=O) groups excluding carboxylic acids is 1. The van der Waals surface area contributed by atoms with Crippen LogP contribution in [-0.4, -0.2) is 22.8 Å². The van der Waals surface area contributed by atoms with Gasteiger partial charge in [-0.25, -0.2) is 0 Å². The van der Waals surface area contributed by atoms with E-state index in [1.165, 1.54) is 6.08 Å². The van der Waals surface area contributed by atoms with Gasteiger partial charge >= 0.3 is 0 Å². The molecule has 8 heteroatoms. The molecule has 0 N–H and O–H groups in total. The number of nitrogens with zero attached hydrogens (tertiary/aromatic N) is 2. The number of benzene rings is 2. The summed E-state index contributed by atoms with van der Waals surface area (Å²) in [6, 6.07) is 13.6. The third-order valence-electron chi connectivity index (χ3n) is 3.40. The number of halogens is 1. The number of aromatic nitrogens is 2. The Bertz CT molecular complexity index is 1040. The van der Waals surface area contributed by atoms with Gasteiger partial charge in [0.1, 0.15) is 12.4 Å². The molecule has 1 aromatic heterocycles. The standard InChI is InChI=1S/C20H13ClN2O4S/c1-2-11-26-16-9-3-13(4-10-16)12-17(19(24)25)28-20-23-22-18(27-20)14-5-7-15(21)8-6-14/h1,3-10,12H,11H2,(H,24,25)/p-1/b17-12-. The van der Waals surface area contributed by atoms with E-state index in [4.69, 9.17) is 27.2 Å². The molecule has 3 rings (SSSR count). The molecule has 3 aromatic rings. The Kier molecular flexibility index (Phi) is 6.37. The van der Waals surface area contributed by atoms with Gasteiger partial charge in [0.15, 0.2) is 0 Å². The van der Waals surface area contributed by atoms with Gasteiger partial charge in [0.05, 0.1) is 5.97 Å². The second-order valence-corrected chi connectivity index (χ2v) is 6.77. The van der Waals surface area contributed by atoms with Crippen LogP contribution in [-0.2, 0) is 4.79 Å². The lowest BCUT2D eigenvalue weighted by molar-refractivity contribution is -0.298. The minimum Gasteiger partial charge on any atom is -0.544 e. The first-order chi connectivity index (χ1) is 13.5. The molecule has 0 aliphatic rings. The summed E-state index contributed by atoms with van der Waals surface area (Å²) in [5, 5.41) is 19.9. The van der Waals surface area contributed by atoms with Crippen molar-refractivity contribution in [3.05, 3.63) is 64.0 Å². The quantitative estimate of drug-likeness (QED) is 0.335. The minimum atomic E-state index is -1.36. The van der Waals surface area contributed by atoms with Crippen LogP contribution in [0.1, 0.15) is 5.56 Å². The first-order valence-electron chi connectivity index (χ1n) is 7.92. The van der Waals surface area contributed by atoms with Crippen LogP contribution in [0.5, 0.6) is 5.75 Å². The van der Waals surface area contributed by atoms with Crippen LogP contribution in [0.25, 0.3) is 17.5 Å². The molecule has 0 amide bonds. The highest BCUT2D eigenvalue weighted by Crippen LogP contribution is 2.30. The van der Waals surface area contributed by atoms with Crippen LogP contribution in [0, 0.1) is 12.3 Å². The van der Waals surface area contributed by atoms with Crippen LogP contribution in [0.2, 0.25) is 5.02 Å². The van der Waals surface area contributed by atoms with Gasteiger partial charge in [-0.3, -0.25) is 0 Å². The van der Waals surface area contributed by atoms with Crippen LogP contribution in [0.4, 0.5) is 0 Å². The van der Waals surface area contributed by atoms with E-state index in [9.17, 15) is 9.90 Å².